The van der Waals surface area contributed by atoms with E-state index in [1.807, 2.05) is 31.2 Å². The number of piperidine rings is 1. The highest BCUT2D eigenvalue weighted by Crippen LogP contribution is 2.32. The van der Waals surface area contributed by atoms with Crippen LogP contribution >= 0.6 is 0 Å². The molecule has 2 aromatic rings. The number of benzene rings is 2. The topological polar surface area (TPSA) is 89.1 Å². The van der Waals surface area contributed by atoms with E-state index in [2.05, 4.69) is 10.6 Å². The van der Waals surface area contributed by atoms with Gasteiger partial charge in [-0.15, -0.1) is 0 Å². The lowest BCUT2D eigenvalue weighted by atomic mass is 9.79. The Morgan fingerprint density at radius 2 is 1.47 bits per heavy atom. The average Bonchev–Trinajstić information content (AvgIpc) is 2.82. The number of amides is 3. The van der Waals surface area contributed by atoms with Crippen molar-refractivity contribution in [2.45, 2.75) is 26.3 Å². The highest BCUT2D eigenvalue weighted by atomic mass is 16.5. The number of ether oxygens (including phenoxy) is 3. The van der Waals surface area contributed by atoms with Crippen LogP contribution in [0.15, 0.2) is 42.5 Å². The van der Waals surface area contributed by atoms with Crippen LogP contribution in [0.3, 0.4) is 0 Å². The number of nitrogens with zero attached hydrogens (tertiary/aromatic N) is 1. The van der Waals surface area contributed by atoms with Crippen molar-refractivity contribution >= 4 is 17.6 Å². The monoisotopic (exact) mass is 441 g/mol. The summed E-state index contributed by atoms with van der Waals surface area (Å²) in [7, 11) is 4.74. The summed E-state index contributed by atoms with van der Waals surface area (Å²) in [6.07, 6.45) is 1.19. The molecule has 0 atom stereocenters. The van der Waals surface area contributed by atoms with Crippen molar-refractivity contribution in [2.24, 2.45) is 5.41 Å². The maximum atomic E-state index is 12.8. The van der Waals surface area contributed by atoms with Crippen molar-refractivity contribution < 1.29 is 23.8 Å². The van der Waals surface area contributed by atoms with E-state index < -0.39 is 5.41 Å². The molecule has 8 nitrogen and oxygen atoms in total. The maximum Gasteiger partial charge on any atom is 0.321 e. The van der Waals surface area contributed by atoms with Crippen LogP contribution in [0.1, 0.15) is 25.3 Å². The van der Waals surface area contributed by atoms with Crippen molar-refractivity contribution in [3.63, 3.8) is 0 Å². The Hall–Kier alpha value is -3.42. The van der Waals surface area contributed by atoms with Gasteiger partial charge in [-0.3, -0.25) is 4.79 Å². The van der Waals surface area contributed by atoms with Gasteiger partial charge in [0, 0.05) is 48.9 Å². The first-order chi connectivity index (χ1) is 15.4. The van der Waals surface area contributed by atoms with E-state index in [9.17, 15) is 9.59 Å². The molecule has 3 amide bonds. The molecule has 2 N–H and O–H groups in total. The zero-order chi connectivity index (χ0) is 23.1. The summed E-state index contributed by atoms with van der Waals surface area (Å²) in [6.45, 7) is 3.41. The predicted octanol–water partition coefficient (Wildman–Crippen LogP) is 3.66. The highest BCUT2D eigenvalue weighted by molar-refractivity contribution is 5.90. The van der Waals surface area contributed by atoms with Gasteiger partial charge in [0.15, 0.2) is 0 Å². The summed E-state index contributed by atoms with van der Waals surface area (Å²) >= 11 is 0. The first-order valence-corrected chi connectivity index (χ1v) is 10.6. The molecule has 32 heavy (non-hydrogen) atoms. The first kappa shape index (κ1) is 23.2. The van der Waals surface area contributed by atoms with Crippen LogP contribution in [0, 0.1) is 5.41 Å². The lowest BCUT2D eigenvalue weighted by Crippen LogP contribution is -2.49. The largest absolute Gasteiger partial charge is 0.497 e. The van der Waals surface area contributed by atoms with Crippen LogP contribution in [0.2, 0.25) is 0 Å². The molecule has 1 aliphatic heterocycles. The third-order valence-corrected chi connectivity index (χ3v) is 5.92. The van der Waals surface area contributed by atoms with Gasteiger partial charge < -0.3 is 29.7 Å². The Bertz CT molecular complexity index is 915. The molecule has 8 heteroatoms. The van der Waals surface area contributed by atoms with E-state index in [0.29, 0.717) is 49.7 Å². The van der Waals surface area contributed by atoms with Crippen molar-refractivity contribution in [1.82, 2.24) is 10.2 Å². The van der Waals surface area contributed by atoms with E-state index in [4.69, 9.17) is 14.2 Å². The van der Waals surface area contributed by atoms with E-state index in [-0.39, 0.29) is 11.9 Å². The number of urea groups is 1. The third kappa shape index (κ3) is 5.63. The van der Waals surface area contributed by atoms with Gasteiger partial charge in [-0.2, -0.15) is 0 Å². The fraction of sp³-hybridized carbons (Fsp3) is 0.417. The van der Waals surface area contributed by atoms with Gasteiger partial charge in [-0.05, 0) is 30.5 Å². The molecule has 0 unspecified atom stereocenters. The number of rotatable bonds is 7. The van der Waals surface area contributed by atoms with Gasteiger partial charge in [-0.25, -0.2) is 4.79 Å². The molecule has 1 heterocycles. The molecule has 0 radical (unpaired) electrons. The zero-order valence-corrected chi connectivity index (χ0v) is 19.1. The van der Waals surface area contributed by atoms with Crippen LogP contribution < -0.4 is 24.8 Å². The standard InChI is InChI=1S/C24H31N3O5/c1-24(22(28)25-16-17-5-7-19(30-2)8-6-17)9-11-27(12-10-24)23(29)26-18-13-20(31-3)15-21(14-18)32-4/h5-8,13-15H,9-12,16H2,1-4H3,(H,25,28)(H,26,29). The van der Waals surface area contributed by atoms with Crippen LogP contribution in [0.25, 0.3) is 0 Å². The quantitative estimate of drug-likeness (QED) is 0.685. The normalized spacial score (nSPS) is 14.9. The average molecular weight is 442 g/mol. The van der Waals surface area contributed by atoms with Crippen LogP contribution in [-0.4, -0.2) is 51.3 Å². The van der Waals surface area contributed by atoms with E-state index in [1.54, 1.807) is 44.4 Å². The number of anilines is 1. The Balaban J connectivity index is 1.52. The van der Waals surface area contributed by atoms with Gasteiger partial charge in [0.25, 0.3) is 0 Å². The fourth-order valence-electron chi connectivity index (χ4n) is 3.65. The first-order valence-electron chi connectivity index (χ1n) is 10.6. The number of methoxy groups -OCH3 is 3. The summed E-state index contributed by atoms with van der Waals surface area (Å²) in [6, 6.07) is 12.6. The second-order valence-corrected chi connectivity index (χ2v) is 8.11. The summed E-state index contributed by atoms with van der Waals surface area (Å²) in [5.41, 5.74) is 1.09. The lowest BCUT2D eigenvalue weighted by Gasteiger charge is -2.38. The summed E-state index contributed by atoms with van der Waals surface area (Å²) < 4.78 is 15.7. The van der Waals surface area contributed by atoms with Gasteiger partial charge in [0.05, 0.1) is 21.3 Å². The second-order valence-electron chi connectivity index (χ2n) is 8.11. The number of likely N-dealkylation sites (tertiary alicyclic amines) is 1. The second kappa shape index (κ2) is 10.3. The molecule has 0 spiro atoms. The number of carbonyl (C=O) groups excluding carboxylic acids is 2. The number of nitrogens with one attached hydrogen (secondary N) is 2. The Morgan fingerprint density at radius 3 is 2.00 bits per heavy atom. The van der Waals surface area contributed by atoms with Gasteiger partial charge in [-0.1, -0.05) is 19.1 Å². The van der Waals surface area contributed by atoms with E-state index >= 15 is 0 Å². The minimum atomic E-state index is -0.511. The summed E-state index contributed by atoms with van der Waals surface area (Å²) in [5, 5.41) is 5.92. The Morgan fingerprint density at radius 1 is 0.906 bits per heavy atom. The third-order valence-electron chi connectivity index (χ3n) is 5.92. The van der Waals surface area contributed by atoms with E-state index in [0.717, 1.165) is 11.3 Å². The van der Waals surface area contributed by atoms with Crippen LogP contribution in [0.4, 0.5) is 10.5 Å². The Kier molecular flexibility index (Phi) is 7.45. The van der Waals surface area contributed by atoms with E-state index in [1.165, 1.54) is 0 Å². The SMILES string of the molecule is COc1ccc(CNC(=O)C2(C)CCN(C(=O)Nc3cc(OC)cc(OC)c3)CC2)cc1. The fourth-order valence-corrected chi connectivity index (χ4v) is 3.65. The molecule has 2 aromatic carbocycles. The lowest BCUT2D eigenvalue weighted by molar-refractivity contribution is -0.132. The highest BCUT2D eigenvalue weighted by Gasteiger charge is 2.38. The smallest absolute Gasteiger partial charge is 0.321 e. The number of hydrogen-bond acceptors (Lipinski definition) is 5. The molecule has 1 fully saturated rings. The van der Waals surface area contributed by atoms with Crippen molar-refractivity contribution in [3.05, 3.63) is 48.0 Å². The minimum Gasteiger partial charge on any atom is -0.497 e. The predicted molar refractivity (Wildman–Crippen MR) is 122 cm³/mol. The van der Waals surface area contributed by atoms with Gasteiger partial charge in [0.1, 0.15) is 17.2 Å². The summed E-state index contributed by atoms with van der Waals surface area (Å²) in [4.78, 5) is 27.3. The van der Waals surface area contributed by atoms with Crippen molar-refractivity contribution in [1.29, 1.82) is 0 Å². The molecule has 0 aliphatic carbocycles. The Labute approximate surface area is 188 Å². The molecular weight excluding hydrogens is 410 g/mol. The zero-order valence-electron chi connectivity index (χ0n) is 19.1. The van der Waals surface area contributed by atoms with Crippen molar-refractivity contribution in [3.8, 4) is 17.2 Å². The summed E-state index contributed by atoms with van der Waals surface area (Å²) in [5.74, 6) is 1.98. The molecular formula is C24H31N3O5. The minimum absolute atomic E-state index is 0.00547. The maximum absolute atomic E-state index is 12.8. The molecule has 0 saturated carbocycles. The molecule has 1 aliphatic rings. The molecule has 1 saturated heterocycles. The molecule has 0 aromatic heterocycles. The van der Waals surface area contributed by atoms with Gasteiger partial charge in [0.2, 0.25) is 5.91 Å². The van der Waals surface area contributed by atoms with Crippen LogP contribution in [-0.2, 0) is 11.3 Å². The van der Waals surface area contributed by atoms with Crippen LogP contribution in [0.5, 0.6) is 17.2 Å². The number of carbonyl (C=O) groups is 2. The van der Waals surface area contributed by atoms with Gasteiger partial charge >= 0.3 is 6.03 Å². The molecule has 172 valence electrons. The number of hydrogen-bond donors (Lipinski definition) is 2. The molecule has 0 bridgehead atoms. The molecule has 3 rings (SSSR count). The van der Waals surface area contributed by atoms with Crippen molar-refractivity contribution in [2.75, 3.05) is 39.7 Å².